The number of carbonyl (C=O) groups is 3. The third-order valence-corrected chi connectivity index (χ3v) is 3.25. The molecule has 0 fully saturated rings. The quantitative estimate of drug-likeness (QED) is 0.363. The second-order valence-electron chi connectivity index (χ2n) is 6.54. The molecule has 0 heterocycles. The van der Waals surface area contributed by atoms with Crippen LogP contribution in [-0.4, -0.2) is 54.8 Å². The van der Waals surface area contributed by atoms with Crippen LogP contribution in [0.1, 0.15) is 27.7 Å². The zero-order chi connectivity index (χ0) is 20.4. The van der Waals surface area contributed by atoms with Crippen LogP contribution in [0.25, 0.3) is 0 Å². The summed E-state index contributed by atoms with van der Waals surface area (Å²) in [5.74, 6) is -1.56. The summed E-state index contributed by atoms with van der Waals surface area (Å²) in [6.45, 7) is 16.7. The second kappa shape index (κ2) is 10.7. The Balaban J connectivity index is 4.74. The molecule has 26 heavy (non-hydrogen) atoms. The molecule has 0 aliphatic heterocycles. The van der Waals surface area contributed by atoms with E-state index in [1.165, 1.54) is 6.08 Å². The van der Waals surface area contributed by atoms with Gasteiger partial charge in [0.25, 0.3) is 0 Å². The van der Waals surface area contributed by atoms with E-state index in [-0.39, 0.29) is 25.6 Å². The minimum atomic E-state index is -1.03. The van der Waals surface area contributed by atoms with Gasteiger partial charge in [-0.05, 0) is 33.8 Å². The van der Waals surface area contributed by atoms with Gasteiger partial charge in [0.1, 0.15) is 12.2 Å². The predicted octanol–water partition coefficient (Wildman–Crippen LogP) is 2.16. The molecular weight excluding hydrogens is 340 g/mol. The number of ketones is 1. The Morgan fingerprint density at radius 3 is 1.96 bits per heavy atom. The van der Waals surface area contributed by atoms with Crippen molar-refractivity contribution in [1.29, 1.82) is 0 Å². The van der Waals surface area contributed by atoms with Crippen molar-refractivity contribution in [2.75, 3.05) is 19.8 Å². The Bertz CT molecular complexity index is 546. The Morgan fingerprint density at radius 1 is 0.885 bits per heavy atom. The Hall–Kier alpha value is -2.25. The highest BCUT2D eigenvalue weighted by Crippen LogP contribution is 2.18. The molecule has 0 rings (SSSR count). The van der Waals surface area contributed by atoms with Crippen LogP contribution in [0.15, 0.2) is 38.0 Å². The van der Waals surface area contributed by atoms with E-state index in [1.807, 2.05) is 0 Å². The molecule has 0 aromatic rings. The molecular formula is C19H28O7. The van der Waals surface area contributed by atoms with Crippen molar-refractivity contribution in [3.63, 3.8) is 0 Å². The van der Waals surface area contributed by atoms with Gasteiger partial charge in [-0.15, -0.1) is 0 Å². The van der Waals surface area contributed by atoms with E-state index in [4.69, 9.17) is 18.9 Å². The number of hydrogen-bond acceptors (Lipinski definition) is 7. The van der Waals surface area contributed by atoms with Crippen LogP contribution < -0.4 is 0 Å². The van der Waals surface area contributed by atoms with E-state index < -0.39 is 29.2 Å². The molecule has 7 heteroatoms. The molecule has 1 atom stereocenters. The van der Waals surface area contributed by atoms with Crippen molar-refractivity contribution in [2.45, 2.75) is 45.0 Å². The van der Waals surface area contributed by atoms with E-state index in [0.717, 1.165) is 12.2 Å². The average Bonchev–Trinajstić information content (AvgIpc) is 2.61. The molecule has 0 aromatic heterocycles. The number of esters is 2. The summed E-state index contributed by atoms with van der Waals surface area (Å²) < 4.78 is 21.3. The van der Waals surface area contributed by atoms with Crippen molar-refractivity contribution in [3.05, 3.63) is 38.0 Å². The first-order valence-electron chi connectivity index (χ1n) is 8.04. The van der Waals surface area contributed by atoms with Crippen LogP contribution in [0.3, 0.4) is 0 Å². The minimum absolute atomic E-state index is 0.0454. The van der Waals surface area contributed by atoms with Crippen LogP contribution >= 0.6 is 0 Å². The molecule has 0 bridgehead atoms. The normalized spacial score (nSPS) is 12.6. The van der Waals surface area contributed by atoms with Crippen LogP contribution in [0.5, 0.6) is 0 Å². The largest absolute Gasteiger partial charge is 0.458 e. The first-order chi connectivity index (χ1) is 12.0. The summed E-state index contributed by atoms with van der Waals surface area (Å²) in [7, 11) is 0. The number of ether oxygens (including phenoxy) is 4. The molecule has 0 amide bonds. The lowest BCUT2D eigenvalue weighted by atomic mass is 10.0. The van der Waals surface area contributed by atoms with Gasteiger partial charge in [-0.1, -0.05) is 19.7 Å². The molecule has 146 valence electrons. The lowest BCUT2D eigenvalue weighted by Crippen LogP contribution is -2.42. The number of rotatable bonds is 13. The van der Waals surface area contributed by atoms with Gasteiger partial charge in [-0.2, -0.15) is 0 Å². The Kier molecular flexibility index (Phi) is 9.75. The third-order valence-electron chi connectivity index (χ3n) is 3.25. The monoisotopic (exact) mass is 368 g/mol. The van der Waals surface area contributed by atoms with Crippen molar-refractivity contribution < 1.29 is 33.3 Å². The molecule has 0 aliphatic rings. The van der Waals surface area contributed by atoms with Crippen LogP contribution in [-0.2, 0) is 33.3 Å². The van der Waals surface area contributed by atoms with E-state index >= 15 is 0 Å². The second-order valence-corrected chi connectivity index (χ2v) is 6.54. The summed E-state index contributed by atoms with van der Waals surface area (Å²) in [4.78, 5) is 34.3. The fraction of sp³-hybridized carbons (Fsp3) is 0.526. The van der Waals surface area contributed by atoms with Gasteiger partial charge in [0.15, 0.2) is 11.9 Å². The molecule has 0 aliphatic carbocycles. The maximum Gasteiger partial charge on any atom is 0.330 e. The summed E-state index contributed by atoms with van der Waals surface area (Å²) in [5, 5.41) is 0. The van der Waals surface area contributed by atoms with Crippen LogP contribution in [0.2, 0.25) is 0 Å². The minimum Gasteiger partial charge on any atom is -0.458 e. The lowest BCUT2D eigenvalue weighted by molar-refractivity contribution is -0.169. The van der Waals surface area contributed by atoms with E-state index in [1.54, 1.807) is 27.7 Å². The highest BCUT2D eigenvalue weighted by molar-refractivity contribution is 5.95. The van der Waals surface area contributed by atoms with Crippen molar-refractivity contribution in [3.8, 4) is 0 Å². The molecule has 0 saturated heterocycles. The highest BCUT2D eigenvalue weighted by Gasteiger charge is 2.31. The molecule has 0 aromatic carbocycles. The summed E-state index contributed by atoms with van der Waals surface area (Å²) >= 11 is 0. The Morgan fingerprint density at radius 2 is 1.46 bits per heavy atom. The summed E-state index contributed by atoms with van der Waals surface area (Å²) in [6, 6.07) is 0. The maximum atomic E-state index is 11.7. The number of hydrogen-bond donors (Lipinski definition) is 0. The fourth-order valence-corrected chi connectivity index (χ4v) is 1.59. The molecule has 7 nitrogen and oxygen atoms in total. The van der Waals surface area contributed by atoms with Gasteiger partial charge in [0.2, 0.25) is 0 Å². The first-order valence-corrected chi connectivity index (χ1v) is 8.04. The zero-order valence-corrected chi connectivity index (χ0v) is 15.9. The van der Waals surface area contributed by atoms with Gasteiger partial charge < -0.3 is 18.9 Å². The molecule has 0 N–H and O–H groups in total. The maximum absolute atomic E-state index is 11.7. The van der Waals surface area contributed by atoms with Crippen LogP contribution in [0, 0.1) is 0 Å². The summed E-state index contributed by atoms with van der Waals surface area (Å²) in [5.41, 5.74) is -1.82. The van der Waals surface area contributed by atoms with Crippen molar-refractivity contribution in [2.24, 2.45) is 0 Å². The van der Waals surface area contributed by atoms with Crippen LogP contribution in [0.4, 0.5) is 0 Å². The SMILES string of the molecule is C=CC(=O)OCC(COC(C)(C)COC(C)(C)C(=O)C=C)OC(=O)C=C. The van der Waals surface area contributed by atoms with Gasteiger partial charge >= 0.3 is 11.9 Å². The van der Waals surface area contributed by atoms with E-state index in [9.17, 15) is 14.4 Å². The molecule has 0 radical (unpaired) electrons. The van der Waals surface area contributed by atoms with Crippen molar-refractivity contribution in [1.82, 2.24) is 0 Å². The molecule has 1 unspecified atom stereocenters. The van der Waals surface area contributed by atoms with Gasteiger partial charge in [0.05, 0.1) is 18.8 Å². The standard InChI is InChI=1S/C19H28O7/c1-8-15(20)19(6,7)25-13-18(4,5)24-12-14(26-17(22)10-3)11-23-16(21)9-2/h8-10,14H,1-3,11-13H2,4-7H3. The zero-order valence-electron chi connectivity index (χ0n) is 15.9. The topological polar surface area (TPSA) is 88.1 Å². The van der Waals surface area contributed by atoms with Gasteiger partial charge in [-0.3, -0.25) is 4.79 Å². The smallest absolute Gasteiger partial charge is 0.330 e. The predicted molar refractivity (Wildman–Crippen MR) is 96.5 cm³/mol. The Labute approximate surface area is 154 Å². The van der Waals surface area contributed by atoms with Gasteiger partial charge in [0, 0.05) is 12.2 Å². The highest BCUT2D eigenvalue weighted by atomic mass is 16.6. The first kappa shape index (κ1) is 23.8. The van der Waals surface area contributed by atoms with E-state index in [2.05, 4.69) is 19.7 Å². The van der Waals surface area contributed by atoms with E-state index in [0.29, 0.717) is 0 Å². The van der Waals surface area contributed by atoms with Gasteiger partial charge in [-0.25, -0.2) is 9.59 Å². The molecule has 0 saturated carbocycles. The molecule has 0 spiro atoms. The summed E-state index contributed by atoms with van der Waals surface area (Å²) in [6.07, 6.45) is 2.38. The van der Waals surface area contributed by atoms with Crippen molar-refractivity contribution >= 4 is 17.7 Å². The average molecular weight is 368 g/mol. The third kappa shape index (κ3) is 9.29. The number of carbonyl (C=O) groups excluding carboxylic acids is 3. The fourth-order valence-electron chi connectivity index (χ4n) is 1.59. The lowest BCUT2D eigenvalue weighted by Gasteiger charge is -2.31.